The van der Waals surface area contributed by atoms with Gasteiger partial charge < -0.3 is 9.67 Å². The first kappa shape index (κ1) is 12.4. The Bertz CT molecular complexity index is 745. The molecule has 100 valence electrons. The predicted octanol–water partition coefficient (Wildman–Crippen LogP) is 3.01. The van der Waals surface area contributed by atoms with Crippen molar-refractivity contribution in [1.29, 1.82) is 0 Å². The molecule has 0 amide bonds. The van der Waals surface area contributed by atoms with E-state index in [1.54, 1.807) is 18.5 Å². The van der Waals surface area contributed by atoms with E-state index < -0.39 is 0 Å². The van der Waals surface area contributed by atoms with E-state index in [4.69, 9.17) is 0 Å². The monoisotopic (exact) mass is 266 g/mol. The van der Waals surface area contributed by atoms with Gasteiger partial charge in [-0.3, -0.25) is 4.79 Å². The van der Waals surface area contributed by atoms with Gasteiger partial charge in [0, 0.05) is 18.5 Å². The molecule has 0 atom stereocenters. The van der Waals surface area contributed by atoms with Crippen molar-refractivity contribution in [3.05, 3.63) is 60.4 Å². The van der Waals surface area contributed by atoms with E-state index >= 15 is 0 Å². The summed E-state index contributed by atoms with van der Waals surface area (Å²) in [7, 11) is 0. The minimum Gasteiger partial charge on any atom is -0.508 e. The summed E-state index contributed by atoms with van der Waals surface area (Å²) < 4.78 is 1.98. The van der Waals surface area contributed by atoms with E-state index in [1.165, 1.54) is 12.1 Å². The minimum absolute atomic E-state index is 0.0581. The fraction of sp³-hybridized carbons (Fsp3) is 0.125. The molecule has 1 heterocycles. The van der Waals surface area contributed by atoms with Crippen molar-refractivity contribution >= 4 is 16.8 Å². The number of aromatic hydroxyl groups is 1. The number of carbonyl (C=O) groups is 1. The van der Waals surface area contributed by atoms with Gasteiger partial charge in [-0.05, 0) is 36.4 Å². The van der Waals surface area contributed by atoms with Crippen LogP contribution in [0.25, 0.3) is 11.0 Å². The molecule has 0 spiro atoms. The highest BCUT2D eigenvalue weighted by molar-refractivity contribution is 5.96. The van der Waals surface area contributed by atoms with E-state index in [-0.39, 0.29) is 11.5 Å². The summed E-state index contributed by atoms with van der Waals surface area (Å²) in [6, 6.07) is 14.2. The van der Waals surface area contributed by atoms with Crippen LogP contribution in [-0.2, 0) is 6.54 Å². The van der Waals surface area contributed by atoms with E-state index in [0.717, 1.165) is 11.0 Å². The summed E-state index contributed by atoms with van der Waals surface area (Å²) in [6.45, 7) is 0.597. The molecule has 1 aromatic heterocycles. The Labute approximate surface area is 116 Å². The number of fused-ring (bicyclic) bond motifs is 1. The van der Waals surface area contributed by atoms with Crippen molar-refractivity contribution in [3.8, 4) is 5.75 Å². The number of hydrogen-bond acceptors (Lipinski definition) is 3. The van der Waals surface area contributed by atoms with Crippen LogP contribution in [-0.4, -0.2) is 20.4 Å². The summed E-state index contributed by atoms with van der Waals surface area (Å²) >= 11 is 0. The molecule has 0 unspecified atom stereocenters. The quantitative estimate of drug-likeness (QED) is 0.738. The average molecular weight is 266 g/mol. The maximum Gasteiger partial charge on any atom is 0.164 e. The zero-order valence-corrected chi connectivity index (χ0v) is 10.9. The SMILES string of the molecule is O=C(CCn1cnc2ccccc21)c1ccc(O)cc1. The van der Waals surface area contributed by atoms with Crippen LogP contribution in [0.5, 0.6) is 5.75 Å². The van der Waals surface area contributed by atoms with Gasteiger partial charge >= 0.3 is 0 Å². The van der Waals surface area contributed by atoms with Crippen molar-refractivity contribution in [3.63, 3.8) is 0 Å². The molecule has 0 aliphatic heterocycles. The predicted molar refractivity (Wildman–Crippen MR) is 76.8 cm³/mol. The zero-order valence-electron chi connectivity index (χ0n) is 10.9. The fourth-order valence-electron chi connectivity index (χ4n) is 2.20. The smallest absolute Gasteiger partial charge is 0.164 e. The lowest BCUT2D eigenvalue weighted by atomic mass is 10.1. The van der Waals surface area contributed by atoms with Crippen molar-refractivity contribution in [2.24, 2.45) is 0 Å². The maximum absolute atomic E-state index is 12.1. The third-order valence-corrected chi connectivity index (χ3v) is 3.30. The number of para-hydroxylation sites is 2. The van der Waals surface area contributed by atoms with Gasteiger partial charge in [-0.1, -0.05) is 12.1 Å². The molecule has 3 aromatic rings. The second kappa shape index (κ2) is 5.17. The number of ketones is 1. The molecule has 0 radical (unpaired) electrons. The highest BCUT2D eigenvalue weighted by Crippen LogP contribution is 2.14. The van der Waals surface area contributed by atoms with Crippen molar-refractivity contribution < 1.29 is 9.90 Å². The first-order valence-corrected chi connectivity index (χ1v) is 6.46. The van der Waals surface area contributed by atoms with Crippen LogP contribution in [0.2, 0.25) is 0 Å². The number of nitrogens with zero attached hydrogens (tertiary/aromatic N) is 2. The highest BCUT2D eigenvalue weighted by Gasteiger charge is 2.07. The Balaban J connectivity index is 1.73. The topological polar surface area (TPSA) is 55.1 Å². The zero-order chi connectivity index (χ0) is 13.9. The van der Waals surface area contributed by atoms with Crippen molar-refractivity contribution in [1.82, 2.24) is 9.55 Å². The molecular formula is C16H14N2O2. The van der Waals surface area contributed by atoms with E-state index in [2.05, 4.69) is 4.98 Å². The molecule has 2 aromatic carbocycles. The Kier molecular flexibility index (Phi) is 3.21. The molecule has 0 aliphatic carbocycles. The van der Waals surface area contributed by atoms with Crippen molar-refractivity contribution in [2.45, 2.75) is 13.0 Å². The number of hydrogen-bond donors (Lipinski definition) is 1. The van der Waals surface area contributed by atoms with Crippen LogP contribution in [0.4, 0.5) is 0 Å². The Morgan fingerprint density at radius 2 is 1.85 bits per heavy atom. The molecule has 3 rings (SSSR count). The van der Waals surface area contributed by atoms with Crippen LogP contribution in [0.3, 0.4) is 0 Å². The van der Waals surface area contributed by atoms with Gasteiger partial charge in [-0.25, -0.2) is 4.98 Å². The standard InChI is InChI=1S/C16H14N2O2/c19-13-7-5-12(6-8-13)16(20)9-10-18-11-17-14-3-1-2-4-15(14)18/h1-8,11,19H,9-10H2. The first-order chi connectivity index (χ1) is 9.74. The van der Waals surface area contributed by atoms with E-state index in [0.29, 0.717) is 18.5 Å². The van der Waals surface area contributed by atoms with Crippen LogP contribution in [0.1, 0.15) is 16.8 Å². The van der Waals surface area contributed by atoms with Crippen LogP contribution in [0.15, 0.2) is 54.9 Å². The largest absolute Gasteiger partial charge is 0.508 e. The van der Waals surface area contributed by atoms with Crippen LogP contribution >= 0.6 is 0 Å². The number of rotatable bonds is 4. The molecule has 20 heavy (non-hydrogen) atoms. The van der Waals surface area contributed by atoms with Crippen LogP contribution < -0.4 is 0 Å². The molecule has 0 aliphatic rings. The number of phenolic OH excluding ortho intramolecular Hbond substituents is 1. The summed E-state index contributed by atoms with van der Waals surface area (Å²) in [4.78, 5) is 16.4. The van der Waals surface area contributed by atoms with Gasteiger partial charge in [-0.15, -0.1) is 0 Å². The Morgan fingerprint density at radius 1 is 1.10 bits per heavy atom. The Hall–Kier alpha value is -2.62. The molecular weight excluding hydrogens is 252 g/mol. The summed E-state index contributed by atoms with van der Waals surface area (Å²) in [5.41, 5.74) is 2.59. The molecule has 0 bridgehead atoms. The second-order valence-corrected chi connectivity index (χ2v) is 4.65. The van der Waals surface area contributed by atoms with Gasteiger partial charge in [0.05, 0.1) is 17.4 Å². The lowest BCUT2D eigenvalue weighted by molar-refractivity contribution is 0.0977. The second-order valence-electron chi connectivity index (χ2n) is 4.65. The normalized spacial score (nSPS) is 10.8. The highest BCUT2D eigenvalue weighted by atomic mass is 16.3. The molecule has 0 fully saturated rings. The van der Waals surface area contributed by atoms with Gasteiger partial charge in [0.15, 0.2) is 5.78 Å². The summed E-state index contributed by atoms with van der Waals surface area (Å²) in [5, 5.41) is 9.21. The van der Waals surface area contributed by atoms with E-state index in [1.807, 2.05) is 28.8 Å². The number of aromatic nitrogens is 2. The third kappa shape index (κ3) is 2.40. The minimum atomic E-state index is 0.0581. The number of phenols is 1. The number of aryl methyl sites for hydroxylation is 1. The number of Topliss-reactive ketones (excluding diaryl/α,β-unsaturated/α-hetero) is 1. The lowest BCUT2D eigenvalue weighted by Gasteiger charge is -2.04. The van der Waals surface area contributed by atoms with Gasteiger partial charge in [-0.2, -0.15) is 0 Å². The first-order valence-electron chi connectivity index (χ1n) is 6.46. The van der Waals surface area contributed by atoms with Crippen LogP contribution in [0, 0.1) is 0 Å². The summed E-state index contributed by atoms with van der Waals surface area (Å²) in [6.07, 6.45) is 2.17. The Morgan fingerprint density at radius 3 is 2.65 bits per heavy atom. The number of benzene rings is 2. The molecule has 0 saturated heterocycles. The number of imidazole rings is 1. The van der Waals surface area contributed by atoms with Gasteiger partial charge in [0.1, 0.15) is 5.75 Å². The third-order valence-electron chi connectivity index (χ3n) is 3.30. The molecule has 1 N–H and O–H groups in total. The summed E-state index contributed by atoms with van der Waals surface area (Å²) in [5.74, 6) is 0.227. The number of carbonyl (C=O) groups excluding carboxylic acids is 1. The molecule has 4 nitrogen and oxygen atoms in total. The average Bonchev–Trinajstić information content (AvgIpc) is 2.89. The van der Waals surface area contributed by atoms with Crippen molar-refractivity contribution in [2.75, 3.05) is 0 Å². The fourth-order valence-corrected chi connectivity index (χ4v) is 2.20. The van der Waals surface area contributed by atoms with Gasteiger partial charge in [0.25, 0.3) is 0 Å². The van der Waals surface area contributed by atoms with Gasteiger partial charge in [0.2, 0.25) is 0 Å². The molecule has 4 heteroatoms. The molecule has 0 saturated carbocycles. The lowest BCUT2D eigenvalue weighted by Crippen LogP contribution is -2.05. The van der Waals surface area contributed by atoms with E-state index in [9.17, 15) is 9.90 Å². The maximum atomic E-state index is 12.1.